The van der Waals surface area contributed by atoms with E-state index < -0.39 is 0 Å². The van der Waals surface area contributed by atoms with E-state index in [9.17, 15) is 4.79 Å². The molecule has 1 unspecified atom stereocenters. The molecule has 0 spiro atoms. The Labute approximate surface area is 159 Å². The molecule has 1 atom stereocenters. The SMILES string of the molecule is CN(CCCC1CCCO1)C(=O)c1ccc(-c2nc3ccccc3[nH]2)cc1. The van der Waals surface area contributed by atoms with E-state index in [0.29, 0.717) is 11.7 Å². The van der Waals surface area contributed by atoms with Crippen molar-refractivity contribution in [1.29, 1.82) is 0 Å². The van der Waals surface area contributed by atoms with Crippen LogP contribution in [0, 0.1) is 0 Å². The Hall–Kier alpha value is -2.66. The number of rotatable bonds is 6. The van der Waals surface area contributed by atoms with Gasteiger partial charge in [0, 0.05) is 31.3 Å². The van der Waals surface area contributed by atoms with Crippen LogP contribution >= 0.6 is 0 Å². The molecule has 0 bridgehead atoms. The molecule has 2 aromatic carbocycles. The van der Waals surface area contributed by atoms with Crippen molar-refractivity contribution in [3.05, 3.63) is 54.1 Å². The first-order valence-electron chi connectivity index (χ1n) is 9.63. The third-order valence-corrected chi connectivity index (χ3v) is 5.18. The Bertz CT molecular complexity index is 878. The molecule has 1 N–H and O–H groups in total. The number of hydrogen-bond donors (Lipinski definition) is 1. The van der Waals surface area contributed by atoms with Gasteiger partial charge in [-0.3, -0.25) is 4.79 Å². The van der Waals surface area contributed by atoms with E-state index in [2.05, 4.69) is 9.97 Å². The molecule has 4 rings (SSSR count). The van der Waals surface area contributed by atoms with Gasteiger partial charge in [0.1, 0.15) is 5.82 Å². The number of aromatic amines is 1. The normalized spacial score (nSPS) is 16.7. The van der Waals surface area contributed by atoms with Gasteiger partial charge in [0.25, 0.3) is 5.91 Å². The molecule has 0 aliphatic carbocycles. The van der Waals surface area contributed by atoms with Crippen LogP contribution < -0.4 is 0 Å². The van der Waals surface area contributed by atoms with Crippen LogP contribution in [-0.2, 0) is 4.74 Å². The molecule has 0 radical (unpaired) electrons. The first-order valence-corrected chi connectivity index (χ1v) is 9.63. The second kappa shape index (κ2) is 7.92. The number of amides is 1. The second-order valence-corrected chi connectivity index (χ2v) is 7.18. The predicted octanol–water partition coefficient (Wildman–Crippen LogP) is 4.26. The van der Waals surface area contributed by atoms with E-state index in [0.717, 1.165) is 61.3 Å². The number of hydrogen-bond acceptors (Lipinski definition) is 3. The number of carbonyl (C=O) groups is 1. The van der Waals surface area contributed by atoms with Crippen molar-refractivity contribution in [1.82, 2.24) is 14.9 Å². The van der Waals surface area contributed by atoms with Crippen LogP contribution in [0.3, 0.4) is 0 Å². The maximum atomic E-state index is 12.6. The van der Waals surface area contributed by atoms with Gasteiger partial charge < -0.3 is 14.6 Å². The summed E-state index contributed by atoms with van der Waals surface area (Å²) in [4.78, 5) is 22.4. The highest BCUT2D eigenvalue weighted by Gasteiger charge is 2.17. The Morgan fingerprint density at radius 3 is 2.78 bits per heavy atom. The van der Waals surface area contributed by atoms with Crippen molar-refractivity contribution in [3.63, 3.8) is 0 Å². The Morgan fingerprint density at radius 2 is 2.04 bits per heavy atom. The van der Waals surface area contributed by atoms with Crippen molar-refractivity contribution >= 4 is 16.9 Å². The molecule has 27 heavy (non-hydrogen) atoms. The molecular weight excluding hydrogens is 338 g/mol. The zero-order valence-electron chi connectivity index (χ0n) is 15.6. The largest absolute Gasteiger partial charge is 0.378 e. The summed E-state index contributed by atoms with van der Waals surface area (Å²) in [6, 6.07) is 15.6. The van der Waals surface area contributed by atoms with Gasteiger partial charge in [-0.25, -0.2) is 4.98 Å². The van der Waals surface area contributed by atoms with Crippen LogP contribution in [-0.4, -0.2) is 47.1 Å². The Morgan fingerprint density at radius 1 is 1.22 bits per heavy atom. The molecule has 1 amide bonds. The summed E-state index contributed by atoms with van der Waals surface area (Å²) < 4.78 is 5.64. The van der Waals surface area contributed by atoms with Gasteiger partial charge in [-0.15, -0.1) is 0 Å². The highest BCUT2D eigenvalue weighted by Crippen LogP contribution is 2.21. The van der Waals surface area contributed by atoms with Crippen molar-refractivity contribution < 1.29 is 9.53 Å². The minimum absolute atomic E-state index is 0.0542. The molecule has 1 saturated heterocycles. The van der Waals surface area contributed by atoms with E-state index in [1.807, 2.05) is 55.6 Å². The zero-order chi connectivity index (χ0) is 18.6. The smallest absolute Gasteiger partial charge is 0.253 e. The minimum atomic E-state index is 0.0542. The summed E-state index contributed by atoms with van der Waals surface area (Å²) in [6.07, 6.45) is 4.71. The lowest BCUT2D eigenvalue weighted by atomic mass is 10.1. The van der Waals surface area contributed by atoms with Gasteiger partial charge in [-0.05, 0) is 49.9 Å². The number of carbonyl (C=O) groups excluding carboxylic acids is 1. The number of benzene rings is 2. The van der Waals surface area contributed by atoms with Gasteiger partial charge in [-0.1, -0.05) is 24.3 Å². The third-order valence-electron chi connectivity index (χ3n) is 5.18. The van der Waals surface area contributed by atoms with Crippen LogP contribution in [0.5, 0.6) is 0 Å². The number of para-hydroxylation sites is 2. The maximum absolute atomic E-state index is 12.6. The number of nitrogens with one attached hydrogen (secondary N) is 1. The van der Waals surface area contributed by atoms with Gasteiger partial charge in [0.2, 0.25) is 0 Å². The summed E-state index contributed by atoms with van der Waals surface area (Å²) >= 11 is 0. The first kappa shape index (κ1) is 17.7. The number of imidazole rings is 1. The fraction of sp³-hybridized carbons (Fsp3) is 0.364. The van der Waals surface area contributed by atoms with E-state index in [4.69, 9.17) is 4.74 Å². The number of nitrogens with zero attached hydrogens (tertiary/aromatic N) is 2. The fourth-order valence-electron chi connectivity index (χ4n) is 3.61. The Balaban J connectivity index is 1.37. The van der Waals surface area contributed by atoms with Crippen LogP contribution in [0.2, 0.25) is 0 Å². The third kappa shape index (κ3) is 4.03. The van der Waals surface area contributed by atoms with Gasteiger partial charge in [-0.2, -0.15) is 0 Å². The van der Waals surface area contributed by atoms with E-state index in [1.165, 1.54) is 0 Å². The molecule has 3 aromatic rings. The highest BCUT2D eigenvalue weighted by atomic mass is 16.5. The van der Waals surface area contributed by atoms with E-state index >= 15 is 0 Å². The van der Waals surface area contributed by atoms with Crippen molar-refractivity contribution in [2.24, 2.45) is 0 Å². The number of aromatic nitrogens is 2. The highest BCUT2D eigenvalue weighted by molar-refractivity contribution is 5.94. The standard InChI is InChI=1S/C22H25N3O2/c1-25(14-4-6-18-7-5-15-27-18)22(26)17-12-10-16(11-13-17)21-23-19-8-2-3-9-20(19)24-21/h2-3,8-13,18H,4-7,14-15H2,1H3,(H,23,24). The van der Waals surface area contributed by atoms with Crippen molar-refractivity contribution in [3.8, 4) is 11.4 Å². The summed E-state index contributed by atoms with van der Waals surface area (Å²) in [5.41, 5.74) is 3.63. The molecular formula is C22H25N3O2. The molecule has 1 aliphatic heterocycles. The molecule has 5 nitrogen and oxygen atoms in total. The second-order valence-electron chi connectivity index (χ2n) is 7.18. The summed E-state index contributed by atoms with van der Waals surface area (Å²) in [5, 5.41) is 0. The molecule has 2 heterocycles. The quantitative estimate of drug-likeness (QED) is 0.712. The molecule has 1 aromatic heterocycles. The fourth-order valence-corrected chi connectivity index (χ4v) is 3.61. The maximum Gasteiger partial charge on any atom is 0.253 e. The first-order chi connectivity index (χ1) is 13.2. The number of H-pyrrole nitrogens is 1. The molecule has 0 saturated carbocycles. The molecule has 1 aliphatic rings. The molecule has 1 fully saturated rings. The lowest BCUT2D eigenvalue weighted by Gasteiger charge is -2.18. The Kier molecular flexibility index (Phi) is 5.21. The van der Waals surface area contributed by atoms with E-state index in [-0.39, 0.29) is 5.91 Å². The average molecular weight is 363 g/mol. The summed E-state index contributed by atoms with van der Waals surface area (Å²) in [5.74, 6) is 0.874. The van der Waals surface area contributed by atoms with Crippen LogP contribution in [0.25, 0.3) is 22.4 Å². The van der Waals surface area contributed by atoms with Gasteiger partial charge >= 0.3 is 0 Å². The average Bonchev–Trinajstić information content (AvgIpc) is 3.37. The van der Waals surface area contributed by atoms with Gasteiger partial charge in [0.15, 0.2) is 0 Å². The van der Waals surface area contributed by atoms with E-state index in [1.54, 1.807) is 4.90 Å². The molecule has 5 heteroatoms. The zero-order valence-corrected chi connectivity index (χ0v) is 15.6. The lowest BCUT2D eigenvalue weighted by molar-refractivity contribution is 0.0763. The topological polar surface area (TPSA) is 58.2 Å². The lowest BCUT2D eigenvalue weighted by Crippen LogP contribution is -2.28. The predicted molar refractivity (Wildman–Crippen MR) is 107 cm³/mol. The summed E-state index contributed by atoms with van der Waals surface area (Å²) in [7, 11) is 1.87. The summed E-state index contributed by atoms with van der Waals surface area (Å²) in [6.45, 7) is 1.64. The van der Waals surface area contributed by atoms with Crippen molar-refractivity contribution in [2.75, 3.05) is 20.2 Å². The van der Waals surface area contributed by atoms with Crippen LogP contribution in [0.1, 0.15) is 36.0 Å². The molecule has 140 valence electrons. The van der Waals surface area contributed by atoms with Crippen LogP contribution in [0.4, 0.5) is 0 Å². The number of ether oxygens (including phenoxy) is 1. The van der Waals surface area contributed by atoms with Crippen molar-refractivity contribution in [2.45, 2.75) is 31.8 Å². The van der Waals surface area contributed by atoms with Crippen LogP contribution in [0.15, 0.2) is 48.5 Å². The number of fused-ring (bicyclic) bond motifs is 1. The van der Waals surface area contributed by atoms with Gasteiger partial charge in [0.05, 0.1) is 17.1 Å². The minimum Gasteiger partial charge on any atom is -0.378 e. The monoisotopic (exact) mass is 363 g/mol.